The van der Waals surface area contributed by atoms with E-state index in [1.165, 1.54) is 0 Å². The zero-order chi connectivity index (χ0) is 10.4. The smallest absolute Gasteiger partial charge is 0.0453 e. The van der Waals surface area contributed by atoms with Gasteiger partial charge in [0.05, 0.1) is 0 Å². The molecule has 0 saturated heterocycles. The monoisotopic (exact) mass is 212 g/mol. The van der Waals surface area contributed by atoms with E-state index in [9.17, 15) is 0 Å². The maximum absolute atomic E-state index is 6.03. The van der Waals surface area contributed by atoms with Gasteiger partial charge in [0.1, 0.15) is 0 Å². The van der Waals surface area contributed by atoms with Gasteiger partial charge in [-0.3, -0.25) is 0 Å². The molecule has 0 spiro atoms. The van der Waals surface area contributed by atoms with Crippen molar-refractivity contribution in [2.75, 3.05) is 6.54 Å². The highest BCUT2D eigenvalue weighted by atomic mass is 35.5. The van der Waals surface area contributed by atoms with Crippen LogP contribution in [0.3, 0.4) is 0 Å². The quantitative estimate of drug-likeness (QED) is 0.737. The Hall–Kier alpha value is -0.570. The van der Waals surface area contributed by atoms with Gasteiger partial charge in [0.2, 0.25) is 0 Å². The molecule has 2 nitrogen and oxygen atoms in total. The van der Waals surface area contributed by atoms with Gasteiger partial charge >= 0.3 is 0 Å². The zero-order valence-electron chi connectivity index (χ0n) is 8.25. The largest absolute Gasteiger partial charge is 0.330 e. The Morgan fingerprint density at radius 2 is 1.93 bits per heavy atom. The van der Waals surface area contributed by atoms with E-state index in [1.54, 1.807) is 0 Å². The van der Waals surface area contributed by atoms with Crippen LogP contribution in [0, 0.1) is 0 Å². The molecule has 0 aromatic heterocycles. The van der Waals surface area contributed by atoms with Crippen molar-refractivity contribution in [1.82, 2.24) is 0 Å². The van der Waals surface area contributed by atoms with Crippen molar-refractivity contribution in [2.24, 2.45) is 11.5 Å². The summed E-state index contributed by atoms with van der Waals surface area (Å²) in [6.07, 6.45) is 3.03. The predicted molar refractivity (Wildman–Crippen MR) is 61.3 cm³/mol. The van der Waals surface area contributed by atoms with Crippen molar-refractivity contribution in [3.8, 4) is 0 Å². The normalized spacial score (nSPS) is 12.8. The lowest BCUT2D eigenvalue weighted by Crippen LogP contribution is -2.11. The fourth-order valence-electron chi connectivity index (χ4n) is 1.44. The van der Waals surface area contributed by atoms with Crippen LogP contribution < -0.4 is 11.5 Å². The zero-order valence-corrected chi connectivity index (χ0v) is 9.00. The minimum absolute atomic E-state index is 0.0373. The Labute approximate surface area is 90.2 Å². The van der Waals surface area contributed by atoms with Crippen molar-refractivity contribution >= 4 is 11.6 Å². The highest BCUT2D eigenvalue weighted by molar-refractivity contribution is 6.31. The summed E-state index contributed by atoms with van der Waals surface area (Å²) in [6, 6.07) is 7.77. The Bertz CT molecular complexity index is 276. The second kappa shape index (κ2) is 6.02. The molecule has 0 saturated carbocycles. The summed E-state index contributed by atoms with van der Waals surface area (Å²) in [7, 11) is 0. The summed E-state index contributed by atoms with van der Waals surface area (Å²) in [6.45, 7) is 0.731. The van der Waals surface area contributed by atoms with Crippen LogP contribution >= 0.6 is 11.6 Å². The first-order valence-corrected chi connectivity index (χ1v) is 5.33. The molecule has 0 fully saturated rings. The van der Waals surface area contributed by atoms with Gasteiger partial charge in [-0.2, -0.15) is 0 Å². The molecule has 0 radical (unpaired) electrons. The van der Waals surface area contributed by atoms with Gasteiger partial charge in [0, 0.05) is 11.1 Å². The third-order valence-electron chi connectivity index (χ3n) is 2.27. The number of hydrogen-bond acceptors (Lipinski definition) is 2. The Kier molecular flexibility index (Phi) is 4.94. The lowest BCUT2D eigenvalue weighted by molar-refractivity contribution is 0.591. The molecule has 3 heteroatoms. The predicted octanol–water partition coefficient (Wildman–Crippen LogP) is 2.47. The van der Waals surface area contributed by atoms with Gasteiger partial charge in [0.15, 0.2) is 0 Å². The van der Waals surface area contributed by atoms with Crippen LogP contribution in [0.2, 0.25) is 5.02 Å². The van der Waals surface area contributed by atoms with E-state index in [4.69, 9.17) is 23.1 Å². The maximum Gasteiger partial charge on any atom is 0.0453 e. The lowest BCUT2D eigenvalue weighted by Gasteiger charge is -2.12. The number of hydrogen-bond donors (Lipinski definition) is 2. The van der Waals surface area contributed by atoms with E-state index in [1.807, 2.05) is 24.3 Å². The molecule has 1 rings (SSSR count). The minimum atomic E-state index is 0.0373. The molecule has 0 aliphatic heterocycles. The van der Waals surface area contributed by atoms with Gasteiger partial charge in [-0.15, -0.1) is 0 Å². The molecule has 0 aliphatic carbocycles. The van der Waals surface area contributed by atoms with E-state index < -0.39 is 0 Å². The molecule has 0 unspecified atom stereocenters. The second-order valence-corrected chi connectivity index (χ2v) is 3.82. The molecule has 0 heterocycles. The summed E-state index contributed by atoms with van der Waals surface area (Å²) in [5, 5.41) is 0.757. The molecule has 14 heavy (non-hydrogen) atoms. The van der Waals surface area contributed by atoms with Crippen LogP contribution in [0.1, 0.15) is 30.9 Å². The van der Waals surface area contributed by atoms with Crippen LogP contribution in [0.25, 0.3) is 0 Å². The molecule has 4 N–H and O–H groups in total. The fourth-order valence-corrected chi connectivity index (χ4v) is 1.72. The second-order valence-electron chi connectivity index (χ2n) is 3.41. The molecule has 1 atom stereocenters. The Morgan fingerprint density at radius 3 is 2.57 bits per heavy atom. The summed E-state index contributed by atoms with van der Waals surface area (Å²) in [5.74, 6) is 0. The molecule has 0 aliphatic rings. The average molecular weight is 213 g/mol. The molecule has 1 aromatic rings. The van der Waals surface area contributed by atoms with Gasteiger partial charge in [-0.1, -0.05) is 36.2 Å². The van der Waals surface area contributed by atoms with Crippen molar-refractivity contribution < 1.29 is 0 Å². The van der Waals surface area contributed by atoms with Gasteiger partial charge in [-0.05, 0) is 31.0 Å². The van der Waals surface area contributed by atoms with Crippen LogP contribution in [-0.4, -0.2) is 6.54 Å². The van der Waals surface area contributed by atoms with Crippen LogP contribution in [-0.2, 0) is 0 Å². The highest BCUT2D eigenvalue weighted by Gasteiger charge is 2.08. The van der Waals surface area contributed by atoms with Gasteiger partial charge < -0.3 is 11.5 Å². The number of halogens is 1. The molecular weight excluding hydrogens is 196 g/mol. The molecule has 1 aromatic carbocycles. The molecule has 0 bridgehead atoms. The third-order valence-corrected chi connectivity index (χ3v) is 2.62. The number of nitrogens with two attached hydrogens (primary N) is 2. The first-order chi connectivity index (χ1) is 6.75. The Balaban J connectivity index is 2.51. The molecular formula is C11H17ClN2. The van der Waals surface area contributed by atoms with Gasteiger partial charge in [-0.25, -0.2) is 0 Å². The molecule has 0 amide bonds. The van der Waals surface area contributed by atoms with Crippen LogP contribution in [0.4, 0.5) is 0 Å². The fraction of sp³-hybridized carbons (Fsp3) is 0.455. The van der Waals surface area contributed by atoms with Crippen molar-refractivity contribution in [3.63, 3.8) is 0 Å². The first kappa shape index (κ1) is 11.5. The van der Waals surface area contributed by atoms with E-state index in [2.05, 4.69) is 0 Å². The number of rotatable bonds is 5. The number of unbranched alkanes of at least 4 members (excludes halogenated alkanes) is 1. The standard InChI is InChI=1S/C11H17ClN2/c12-10-6-2-1-5-9(10)11(14)7-3-4-8-13/h1-2,5-6,11H,3-4,7-8,13-14H2/t11-/m0/s1. The summed E-state index contributed by atoms with van der Waals surface area (Å²) < 4.78 is 0. The van der Waals surface area contributed by atoms with Crippen molar-refractivity contribution in [1.29, 1.82) is 0 Å². The topological polar surface area (TPSA) is 52.0 Å². The van der Waals surface area contributed by atoms with Crippen LogP contribution in [0.5, 0.6) is 0 Å². The maximum atomic E-state index is 6.03. The number of benzene rings is 1. The van der Waals surface area contributed by atoms with E-state index >= 15 is 0 Å². The highest BCUT2D eigenvalue weighted by Crippen LogP contribution is 2.24. The average Bonchev–Trinajstić information content (AvgIpc) is 2.18. The van der Waals surface area contributed by atoms with E-state index in [-0.39, 0.29) is 6.04 Å². The van der Waals surface area contributed by atoms with E-state index in [0.29, 0.717) is 0 Å². The summed E-state index contributed by atoms with van der Waals surface area (Å²) in [5.41, 5.74) is 12.5. The first-order valence-electron chi connectivity index (χ1n) is 4.95. The van der Waals surface area contributed by atoms with Crippen molar-refractivity contribution in [2.45, 2.75) is 25.3 Å². The summed E-state index contributed by atoms with van der Waals surface area (Å²) >= 11 is 6.03. The SMILES string of the molecule is NCCCC[C@H](N)c1ccccc1Cl. The van der Waals surface area contributed by atoms with E-state index in [0.717, 1.165) is 36.4 Å². The van der Waals surface area contributed by atoms with Crippen LogP contribution in [0.15, 0.2) is 24.3 Å². The minimum Gasteiger partial charge on any atom is -0.330 e. The molecule has 78 valence electrons. The summed E-state index contributed by atoms with van der Waals surface area (Å²) in [4.78, 5) is 0. The van der Waals surface area contributed by atoms with Crippen molar-refractivity contribution in [3.05, 3.63) is 34.9 Å². The lowest BCUT2D eigenvalue weighted by atomic mass is 10.0. The van der Waals surface area contributed by atoms with Gasteiger partial charge in [0.25, 0.3) is 0 Å². The third kappa shape index (κ3) is 3.29. The Morgan fingerprint density at radius 1 is 1.21 bits per heavy atom.